The molecule has 3 heteroatoms. The molecule has 0 bridgehead atoms. The van der Waals surface area contributed by atoms with Gasteiger partial charge in [-0.15, -0.1) is 0 Å². The number of hydrogen-bond acceptors (Lipinski definition) is 1. The van der Waals surface area contributed by atoms with Gasteiger partial charge < -0.3 is 5.32 Å². The van der Waals surface area contributed by atoms with E-state index in [2.05, 4.69) is 33.4 Å². The van der Waals surface area contributed by atoms with Gasteiger partial charge >= 0.3 is 0 Å². The van der Waals surface area contributed by atoms with Gasteiger partial charge in [0, 0.05) is 6.04 Å². The molecule has 0 saturated heterocycles. The molecule has 11 heavy (non-hydrogen) atoms. The van der Waals surface area contributed by atoms with Crippen LogP contribution in [0.1, 0.15) is 19.8 Å². The van der Waals surface area contributed by atoms with Crippen molar-refractivity contribution in [2.45, 2.75) is 30.6 Å². The second kappa shape index (κ2) is 3.90. The Labute approximate surface area is 75.2 Å². The molecular weight excluding hydrogens is 206 g/mol. The van der Waals surface area contributed by atoms with Crippen LogP contribution in [0.25, 0.3) is 0 Å². The Morgan fingerprint density at radius 2 is 2.18 bits per heavy atom. The molecule has 1 aliphatic rings. The zero-order valence-corrected chi connectivity index (χ0v) is 8.10. The number of alkyl halides is 1. The molecule has 0 aromatic rings. The molecule has 0 heterocycles. The number of nitrogens with one attached hydrogen (secondary N) is 1. The summed E-state index contributed by atoms with van der Waals surface area (Å²) in [6.45, 7) is 1.83. The third-order valence-electron chi connectivity index (χ3n) is 1.72. The van der Waals surface area contributed by atoms with Crippen LogP contribution in [0.3, 0.4) is 0 Å². The molecular formula is C8H12BrNO. The molecule has 2 nitrogen and oxygen atoms in total. The topological polar surface area (TPSA) is 29.1 Å². The zero-order chi connectivity index (χ0) is 8.27. The van der Waals surface area contributed by atoms with Crippen LogP contribution in [0.2, 0.25) is 0 Å². The molecule has 1 N–H and O–H groups in total. The Kier molecular flexibility index (Phi) is 3.12. The lowest BCUT2D eigenvalue weighted by molar-refractivity contribution is -0.120. The van der Waals surface area contributed by atoms with Crippen LogP contribution in [0.15, 0.2) is 12.2 Å². The van der Waals surface area contributed by atoms with Gasteiger partial charge in [0.25, 0.3) is 0 Å². The molecule has 1 atom stereocenters. The van der Waals surface area contributed by atoms with Crippen molar-refractivity contribution in [1.82, 2.24) is 5.32 Å². The van der Waals surface area contributed by atoms with Crippen molar-refractivity contribution in [3.63, 3.8) is 0 Å². The fourth-order valence-electron chi connectivity index (χ4n) is 1.05. The van der Waals surface area contributed by atoms with E-state index in [4.69, 9.17) is 0 Å². The fourth-order valence-corrected chi connectivity index (χ4v) is 1.18. The average molecular weight is 218 g/mol. The van der Waals surface area contributed by atoms with E-state index in [-0.39, 0.29) is 10.7 Å². The predicted molar refractivity (Wildman–Crippen MR) is 48.7 cm³/mol. The molecule has 0 radical (unpaired) electrons. The van der Waals surface area contributed by atoms with E-state index in [1.54, 1.807) is 0 Å². The smallest absolute Gasteiger partial charge is 0.233 e. The molecule has 62 valence electrons. The molecule has 0 aromatic carbocycles. The van der Waals surface area contributed by atoms with Gasteiger partial charge in [0.05, 0.1) is 4.83 Å². The molecule has 1 aliphatic carbocycles. The molecule has 1 rings (SSSR count). The van der Waals surface area contributed by atoms with E-state index in [9.17, 15) is 4.79 Å². The summed E-state index contributed by atoms with van der Waals surface area (Å²) in [4.78, 5) is 11.0. The largest absolute Gasteiger partial charge is 0.352 e. The van der Waals surface area contributed by atoms with Crippen molar-refractivity contribution < 1.29 is 4.79 Å². The minimum absolute atomic E-state index is 0.0805. The van der Waals surface area contributed by atoms with E-state index >= 15 is 0 Å². The van der Waals surface area contributed by atoms with E-state index in [0.29, 0.717) is 6.04 Å². The number of rotatable bonds is 2. The van der Waals surface area contributed by atoms with Crippen LogP contribution in [0.5, 0.6) is 0 Å². The fraction of sp³-hybridized carbons (Fsp3) is 0.625. The predicted octanol–water partition coefficient (Wildman–Crippen LogP) is 1.60. The second-order valence-corrected chi connectivity index (χ2v) is 4.14. The van der Waals surface area contributed by atoms with Crippen molar-refractivity contribution in [2.75, 3.05) is 0 Å². The van der Waals surface area contributed by atoms with Gasteiger partial charge in [0.2, 0.25) is 5.91 Å². The van der Waals surface area contributed by atoms with Crippen LogP contribution in [-0.2, 0) is 4.79 Å². The number of halogens is 1. The molecule has 0 spiro atoms. The van der Waals surface area contributed by atoms with Crippen molar-refractivity contribution in [1.29, 1.82) is 0 Å². The van der Waals surface area contributed by atoms with Crippen LogP contribution < -0.4 is 5.32 Å². The maximum Gasteiger partial charge on any atom is 0.233 e. The highest BCUT2D eigenvalue weighted by molar-refractivity contribution is 9.10. The summed E-state index contributed by atoms with van der Waals surface area (Å²) in [7, 11) is 0. The maximum atomic E-state index is 11.1. The van der Waals surface area contributed by atoms with E-state index < -0.39 is 0 Å². The quantitative estimate of drug-likeness (QED) is 0.553. The van der Waals surface area contributed by atoms with Gasteiger partial charge in [-0.05, 0) is 19.8 Å². The zero-order valence-electron chi connectivity index (χ0n) is 6.51. The molecule has 1 amide bonds. The van der Waals surface area contributed by atoms with Gasteiger partial charge in [-0.3, -0.25) is 4.79 Å². The SMILES string of the molecule is CC(Br)C(=O)NC1CC=CC1. The summed E-state index contributed by atoms with van der Waals surface area (Å²) in [5.41, 5.74) is 0. The Balaban J connectivity index is 2.25. The lowest BCUT2D eigenvalue weighted by Crippen LogP contribution is -2.36. The van der Waals surface area contributed by atoms with E-state index in [0.717, 1.165) is 12.8 Å². The standard InChI is InChI=1S/C8H12BrNO/c1-6(9)8(11)10-7-4-2-3-5-7/h2-3,6-7H,4-5H2,1H3,(H,10,11). The Bertz CT molecular complexity index is 169. The van der Waals surface area contributed by atoms with E-state index in [1.807, 2.05) is 6.92 Å². The van der Waals surface area contributed by atoms with Crippen LogP contribution in [0.4, 0.5) is 0 Å². The Morgan fingerprint density at radius 3 is 2.64 bits per heavy atom. The third kappa shape index (κ3) is 2.66. The van der Waals surface area contributed by atoms with Gasteiger partial charge in [-0.2, -0.15) is 0 Å². The first kappa shape index (κ1) is 8.78. The Hall–Kier alpha value is -0.310. The van der Waals surface area contributed by atoms with Crippen LogP contribution in [-0.4, -0.2) is 16.8 Å². The highest BCUT2D eigenvalue weighted by atomic mass is 79.9. The number of carbonyl (C=O) groups is 1. The molecule has 0 saturated carbocycles. The van der Waals surface area contributed by atoms with Crippen molar-refractivity contribution >= 4 is 21.8 Å². The first-order chi connectivity index (χ1) is 5.20. The third-order valence-corrected chi connectivity index (χ3v) is 2.13. The van der Waals surface area contributed by atoms with Gasteiger partial charge in [-0.25, -0.2) is 0 Å². The van der Waals surface area contributed by atoms with Gasteiger partial charge in [0.15, 0.2) is 0 Å². The first-order valence-electron chi connectivity index (χ1n) is 3.79. The van der Waals surface area contributed by atoms with Gasteiger partial charge in [-0.1, -0.05) is 28.1 Å². The normalized spacial score (nSPS) is 20.2. The van der Waals surface area contributed by atoms with E-state index in [1.165, 1.54) is 0 Å². The summed E-state index contributed by atoms with van der Waals surface area (Å²) in [6.07, 6.45) is 6.16. The van der Waals surface area contributed by atoms with Crippen molar-refractivity contribution in [3.8, 4) is 0 Å². The second-order valence-electron chi connectivity index (χ2n) is 2.76. The average Bonchev–Trinajstić information content (AvgIpc) is 2.39. The number of hydrogen-bond donors (Lipinski definition) is 1. The van der Waals surface area contributed by atoms with Crippen molar-refractivity contribution in [3.05, 3.63) is 12.2 Å². The minimum Gasteiger partial charge on any atom is -0.352 e. The lowest BCUT2D eigenvalue weighted by Gasteiger charge is -2.12. The maximum absolute atomic E-state index is 11.1. The highest BCUT2D eigenvalue weighted by Gasteiger charge is 2.15. The molecule has 0 fully saturated rings. The van der Waals surface area contributed by atoms with Crippen LogP contribution in [0, 0.1) is 0 Å². The summed E-state index contributed by atoms with van der Waals surface area (Å²) in [5, 5.41) is 2.93. The summed E-state index contributed by atoms with van der Waals surface area (Å²) >= 11 is 3.21. The monoisotopic (exact) mass is 217 g/mol. The van der Waals surface area contributed by atoms with Crippen LogP contribution >= 0.6 is 15.9 Å². The molecule has 0 aromatic heterocycles. The Morgan fingerprint density at radius 1 is 1.64 bits per heavy atom. The summed E-state index contributed by atoms with van der Waals surface area (Å²) in [6, 6.07) is 0.336. The number of carbonyl (C=O) groups excluding carboxylic acids is 1. The minimum atomic E-state index is -0.0805. The lowest BCUT2D eigenvalue weighted by atomic mass is 10.2. The van der Waals surface area contributed by atoms with Gasteiger partial charge in [0.1, 0.15) is 0 Å². The molecule has 0 aliphatic heterocycles. The summed E-state index contributed by atoms with van der Waals surface area (Å²) in [5.74, 6) is 0.0821. The highest BCUT2D eigenvalue weighted by Crippen LogP contribution is 2.10. The first-order valence-corrected chi connectivity index (χ1v) is 4.71. The number of amides is 1. The summed E-state index contributed by atoms with van der Waals surface area (Å²) < 4.78 is 0. The van der Waals surface area contributed by atoms with Crippen molar-refractivity contribution in [2.24, 2.45) is 0 Å². The molecule has 1 unspecified atom stereocenters.